The van der Waals surface area contributed by atoms with Gasteiger partial charge in [0, 0.05) is 17.9 Å². The average molecular weight is 269 g/mol. The van der Waals surface area contributed by atoms with Crippen LogP contribution < -0.4 is 5.32 Å². The van der Waals surface area contributed by atoms with Gasteiger partial charge in [0.1, 0.15) is 0 Å². The molecule has 4 nitrogen and oxygen atoms in total. The molecule has 0 bridgehead atoms. The largest absolute Gasteiger partial charge is 0.461 e. The average Bonchev–Trinajstić information content (AvgIpc) is 3.16. The molecule has 0 spiro atoms. The molecule has 4 heteroatoms. The number of nitrogens with zero attached hydrogens (tertiary/aromatic N) is 2. The lowest BCUT2D eigenvalue weighted by Crippen LogP contribution is -2.29. The third-order valence-corrected chi connectivity index (χ3v) is 4.27. The van der Waals surface area contributed by atoms with E-state index in [-0.39, 0.29) is 0 Å². The molecule has 0 saturated heterocycles. The minimum Gasteiger partial charge on any atom is -0.461 e. The number of aryl methyl sites for hydroxylation is 1. The van der Waals surface area contributed by atoms with E-state index in [0.717, 1.165) is 37.1 Å². The first-order valence-electron chi connectivity index (χ1n) is 7.50. The van der Waals surface area contributed by atoms with Crippen molar-refractivity contribution >= 4 is 0 Å². The van der Waals surface area contributed by atoms with Crippen molar-refractivity contribution in [2.24, 2.45) is 5.92 Å². The summed E-state index contributed by atoms with van der Waals surface area (Å²) >= 11 is 0. The highest BCUT2D eigenvalue weighted by Crippen LogP contribution is 2.27. The predicted octanol–water partition coefficient (Wildman–Crippen LogP) is 2.59. The Bertz CT molecular complexity index is 590. The molecule has 0 amide bonds. The highest BCUT2D eigenvalue weighted by Gasteiger charge is 2.25. The zero-order chi connectivity index (χ0) is 13.4. The van der Waals surface area contributed by atoms with Crippen molar-refractivity contribution < 1.29 is 4.42 Å². The Kier molecular flexibility index (Phi) is 3.03. The van der Waals surface area contributed by atoms with E-state index in [9.17, 15) is 0 Å². The van der Waals surface area contributed by atoms with E-state index in [1.54, 1.807) is 6.26 Å². The highest BCUT2D eigenvalue weighted by atomic mass is 16.3. The number of hydrogen-bond donors (Lipinski definition) is 1. The topological polar surface area (TPSA) is 51.0 Å². The maximum absolute atomic E-state index is 5.37. The maximum atomic E-state index is 5.37. The Morgan fingerprint density at radius 2 is 2.25 bits per heavy atom. The number of hydrogen-bond acceptors (Lipinski definition) is 4. The Labute approximate surface area is 118 Å². The van der Waals surface area contributed by atoms with Gasteiger partial charge in [0.2, 0.25) is 0 Å². The van der Waals surface area contributed by atoms with E-state index in [4.69, 9.17) is 4.42 Å². The molecule has 1 unspecified atom stereocenters. The van der Waals surface area contributed by atoms with Gasteiger partial charge in [-0.2, -0.15) is 0 Å². The van der Waals surface area contributed by atoms with Crippen LogP contribution in [0.15, 0.2) is 29.0 Å². The van der Waals surface area contributed by atoms with Gasteiger partial charge in [0.05, 0.1) is 6.26 Å². The van der Waals surface area contributed by atoms with Crippen LogP contribution in [0, 0.1) is 5.92 Å². The summed E-state index contributed by atoms with van der Waals surface area (Å²) in [5.41, 5.74) is 2.52. The zero-order valence-electron chi connectivity index (χ0n) is 11.5. The van der Waals surface area contributed by atoms with Crippen LogP contribution in [0.3, 0.4) is 0 Å². The zero-order valence-corrected chi connectivity index (χ0v) is 11.5. The Hall–Kier alpha value is -1.68. The molecule has 4 rings (SSSR count). The van der Waals surface area contributed by atoms with Crippen LogP contribution in [-0.4, -0.2) is 22.6 Å². The minimum atomic E-state index is 0.711. The Morgan fingerprint density at radius 3 is 3.05 bits per heavy atom. The van der Waals surface area contributed by atoms with Gasteiger partial charge in [-0.15, -0.1) is 0 Å². The fourth-order valence-electron chi connectivity index (χ4n) is 2.90. The Morgan fingerprint density at radius 1 is 1.30 bits per heavy atom. The molecule has 0 aromatic carbocycles. The van der Waals surface area contributed by atoms with Crippen LogP contribution in [-0.2, 0) is 12.8 Å². The van der Waals surface area contributed by atoms with E-state index in [1.165, 1.54) is 30.5 Å². The first kappa shape index (κ1) is 12.1. The first-order valence-corrected chi connectivity index (χ1v) is 7.50. The van der Waals surface area contributed by atoms with Crippen LogP contribution in [0.5, 0.6) is 0 Å². The molecule has 2 aliphatic rings. The van der Waals surface area contributed by atoms with Gasteiger partial charge in [0.25, 0.3) is 0 Å². The molecule has 0 aliphatic heterocycles. The molecule has 2 aromatic heterocycles. The molecule has 1 N–H and O–H groups in total. The second-order valence-corrected chi connectivity index (χ2v) is 5.93. The third kappa shape index (κ3) is 2.48. The van der Waals surface area contributed by atoms with E-state index in [2.05, 4.69) is 15.3 Å². The fraction of sp³-hybridized carbons (Fsp3) is 0.500. The van der Waals surface area contributed by atoms with Crippen molar-refractivity contribution in [1.82, 2.24) is 15.3 Å². The number of rotatable bonds is 4. The van der Waals surface area contributed by atoms with E-state index >= 15 is 0 Å². The molecule has 1 fully saturated rings. The van der Waals surface area contributed by atoms with Crippen molar-refractivity contribution in [3.8, 4) is 11.6 Å². The summed E-state index contributed by atoms with van der Waals surface area (Å²) in [5, 5.41) is 3.64. The smallest absolute Gasteiger partial charge is 0.195 e. The normalized spacial score (nSPS) is 21.7. The quantitative estimate of drug-likeness (QED) is 0.927. The first-order chi connectivity index (χ1) is 9.88. The molecule has 1 saturated carbocycles. The van der Waals surface area contributed by atoms with Gasteiger partial charge < -0.3 is 9.73 Å². The van der Waals surface area contributed by atoms with Crippen molar-refractivity contribution in [2.45, 2.75) is 38.1 Å². The van der Waals surface area contributed by atoms with Gasteiger partial charge in [-0.1, -0.05) is 0 Å². The Balaban J connectivity index is 1.48. The molecular formula is C16H19N3O. The second-order valence-electron chi connectivity index (χ2n) is 5.93. The summed E-state index contributed by atoms with van der Waals surface area (Å²) in [4.78, 5) is 9.12. The van der Waals surface area contributed by atoms with E-state index in [0.29, 0.717) is 5.82 Å². The van der Waals surface area contributed by atoms with Crippen LogP contribution in [0.2, 0.25) is 0 Å². The summed E-state index contributed by atoms with van der Waals surface area (Å²) in [7, 11) is 0. The van der Waals surface area contributed by atoms with Gasteiger partial charge in [-0.05, 0) is 62.3 Å². The predicted molar refractivity (Wildman–Crippen MR) is 76.3 cm³/mol. The molecule has 2 heterocycles. The standard InChI is InChI=1S/C16H19N3O/c1-2-15(20-7-1)16-18-10-12-8-11(3-6-14(12)19-16)9-17-13-4-5-13/h1-2,7,10-11,13,17H,3-6,8-9H2. The third-order valence-electron chi connectivity index (χ3n) is 4.27. The molecule has 0 radical (unpaired) electrons. The highest BCUT2D eigenvalue weighted by molar-refractivity contribution is 5.47. The van der Waals surface area contributed by atoms with Crippen molar-refractivity contribution in [1.29, 1.82) is 0 Å². The van der Waals surface area contributed by atoms with Gasteiger partial charge in [0.15, 0.2) is 11.6 Å². The molecular weight excluding hydrogens is 250 g/mol. The molecule has 20 heavy (non-hydrogen) atoms. The minimum absolute atomic E-state index is 0.711. The van der Waals surface area contributed by atoms with Gasteiger partial charge >= 0.3 is 0 Å². The van der Waals surface area contributed by atoms with Crippen molar-refractivity contribution in [3.05, 3.63) is 35.9 Å². The number of nitrogens with one attached hydrogen (secondary N) is 1. The van der Waals surface area contributed by atoms with Crippen molar-refractivity contribution in [2.75, 3.05) is 6.54 Å². The summed E-state index contributed by atoms with van der Waals surface area (Å²) in [5.74, 6) is 2.20. The molecule has 104 valence electrons. The van der Waals surface area contributed by atoms with Crippen LogP contribution in [0.4, 0.5) is 0 Å². The van der Waals surface area contributed by atoms with Crippen LogP contribution in [0.25, 0.3) is 11.6 Å². The number of aromatic nitrogens is 2. The molecule has 1 atom stereocenters. The fourth-order valence-corrected chi connectivity index (χ4v) is 2.90. The molecule has 2 aromatic rings. The number of fused-ring (bicyclic) bond motifs is 1. The van der Waals surface area contributed by atoms with Crippen LogP contribution in [0.1, 0.15) is 30.5 Å². The van der Waals surface area contributed by atoms with E-state index in [1.807, 2.05) is 18.3 Å². The maximum Gasteiger partial charge on any atom is 0.195 e. The monoisotopic (exact) mass is 269 g/mol. The van der Waals surface area contributed by atoms with Gasteiger partial charge in [-0.3, -0.25) is 0 Å². The SMILES string of the molecule is c1coc(-c2ncc3c(n2)CCC(CNC2CC2)C3)c1. The lowest BCUT2D eigenvalue weighted by Gasteiger charge is -2.24. The van der Waals surface area contributed by atoms with Crippen molar-refractivity contribution in [3.63, 3.8) is 0 Å². The van der Waals surface area contributed by atoms with Gasteiger partial charge in [-0.25, -0.2) is 9.97 Å². The van der Waals surface area contributed by atoms with E-state index < -0.39 is 0 Å². The summed E-state index contributed by atoms with van der Waals surface area (Å²) in [6.45, 7) is 1.14. The molecule has 2 aliphatic carbocycles. The summed E-state index contributed by atoms with van der Waals surface area (Å²) < 4.78 is 5.37. The van der Waals surface area contributed by atoms with Crippen LogP contribution >= 0.6 is 0 Å². The lowest BCUT2D eigenvalue weighted by atomic mass is 9.87. The summed E-state index contributed by atoms with van der Waals surface area (Å²) in [6.07, 6.45) is 9.76. The summed E-state index contributed by atoms with van der Waals surface area (Å²) in [6, 6.07) is 4.58. The lowest BCUT2D eigenvalue weighted by molar-refractivity contribution is 0.418. The second kappa shape index (κ2) is 5.02. The number of furan rings is 1.